The molecule has 0 aromatic heterocycles. The lowest BCUT2D eigenvalue weighted by molar-refractivity contribution is 0.289. The summed E-state index contributed by atoms with van der Waals surface area (Å²) in [7, 11) is 0. The predicted octanol–water partition coefficient (Wildman–Crippen LogP) is 25.5. The van der Waals surface area contributed by atoms with Crippen LogP contribution >= 0.6 is 0 Å². The normalized spacial score (nSPS) is 11.8. The summed E-state index contributed by atoms with van der Waals surface area (Å²) in [6.45, 7) is 12.1. The van der Waals surface area contributed by atoms with Gasteiger partial charge in [-0.3, -0.25) is 0 Å². The van der Waals surface area contributed by atoms with E-state index in [1.54, 1.807) is 0 Å². The lowest BCUT2D eigenvalue weighted by Gasteiger charge is -2.14. The van der Waals surface area contributed by atoms with Gasteiger partial charge in [-0.05, 0) is 93.7 Å². The summed E-state index contributed by atoms with van der Waals surface area (Å²) in [4.78, 5) is 0. The minimum atomic E-state index is 0.732. The Labute approximate surface area is 503 Å². The minimum Gasteiger partial charge on any atom is -0.493 e. The zero-order valence-corrected chi connectivity index (χ0v) is 53.1. The molecule has 0 spiro atoms. The Morgan fingerprint density at radius 3 is 0.634 bits per heavy atom. The van der Waals surface area contributed by atoms with Crippen molar-refractivity contribution in [1.29, 1.82) is 0 Å². The number of hydrogen-bond acceptors (Lipinski definition) is 4. The highest BCUT2D eigenvalue weighted by Gasteiger charge is 2.13. The zero-order chi connectivity index (χ0) is 57.6. The van der Waals surface area contributed by atoms with Crippen molar-refractivity contribution in [2.75, 3.05) is 26.4 Å². The van der Waals surface area contributed by atoms with Crippen LogP contribution in [0, 0.1) is 0 Å². The van der Waals surface area contributed by atoms with Crippen LogP contribution in [0.25, 0.3) is 45.8 Å². The van der Waals surface area contributed by atoms with Crippen molar-refractivity contribution in [3.05, 3.63) is 107 Å². The fraction of sp³-hybridized carbons (Fsp3) is 0.615. The molecule has 0 aliphatic carbocycles. The van der Waals surface area contributed by atoms with E-state index in [1.165, 1.54) is 264 Å². The molecule has 0 fully saturated rings. The molecular weight excluding hydrogens is 1000 g/mol. The number of rotatable bonds is 52. The van der Waals surface area contributed by atoms with Gasteiger partial charge in [-0.15, -0.1) is 0 Å². The Morgan fingerprint density at radius 2 is 0.427 bits per heavy atom. The molecule has 0 aliphatic rings. The fourth-order valence-corrected chi connectivity index (χ4v) is 11.7. The van der Waals surface area contributed by atoms with Crippen molar-refractivity contribution in [1.82, 2.24) is 0 Å². The van der Waals surface area contributed by atoms with E-state index in [1.807, 2.05) is 0 Å². The first-order valence-corrected chi connectivity index (χ1v) is 34.7. The maximum atomic E-state index is 6.52. The summed E-state index contributed by atoms with van der Waals surface area (Å²) in [5.74, 6) is 3.58. The molecule has 0 radical (unpaired) electrons. The quantitative estimate of drug-likeness (QED) is 0.0221. The van der Waals surface area contributed by atoms with Gasteiger partial charge in [0.2, 0.25) is 0 Å². The minimum absolute atomic E-state index is 0.732. The molecule has 82 heavy (non-hydrogen) atoms. The summed E-state index contributed by atoms with van der Waals surface area (Å²) in [5.41, 5.74) is 4.63. The average molecular weight is 1120 g/mol. The number of unbranched alkanes of at least 4 members (excludes halogenated alkanes) is 36. The number of hydrogen-bond donors (Lipinski definition) is 0. The monoisotopic (exact) mass is 1120 g/mol. The largest absolute Gasteiger partial charge is 0.493 e. The van der Waals surface area contributed by atoms with Gasteiger partial charge in [0.05, 0.1) is 26.4 Å². The van der Waals surface area contributed by atoms with E-state index in [9.17, 15) is 0 Å². The first-order valence-electron chi connectivity index (χ1n) is 34.7. The van der Waals surface area contributed by atoms with Gasteiger partial charge in [-0.2, -0.15) is 0 Å². The molecule has 0 heterocycles. The van der Waals surface area contributed by atoms with Crippen molar-refractivity contribution in [3.8, 4) is 23.0 Å². The van der Waals surface area contributed by atoms with E-state index in [2.05, 4.69) is 137 Å². The first kappa shape index (κ1) is 68.1. The van der Waals surface area contributed by atoms with E-state index in [0.29, 0.717) is 0 Å². The SMILES string of the molecule is CCCCCCCCCCCCOc1cc(/C=C/c2c3ccccc3c(/C=C/c3cc(OCCCCCCCCCCCC)cc(OCCCCCCCCCCCC)c3)c3ccccc23)cc(OCCCCCCCCCCCC)c1. The van der Waals surface area contributed by atoms with Crippen LogP contribution in [0.15, 0.2) is 84.9 Å². The van der Waals surface area contributed by atoms with Crippen LogP contribution in [0.1, 0.15) is 307 Å². The molecule has 0 atom stereocenters. The Hall–Kier alpha value is -4.70. The Morgan fingerprint density at radius 1 is 0.232 bits per heavy atom. The third-order valence-electron chi connectivity index (χ3n) is 16.8. The Balaban J connectivity index is 1.30. The Kier molecular flexibility index (Phi) is 37.9. The predicted molar refractivity (Wildman–Crippen MR) is 362 cm³/mol. The number of benzene rings is 5. The van der Waals surface area contributed by atoms with Gasteiger partial charge in [0.25, 0.3) is 0 Å². The van der Waals surface area contributed by atoms with Crippen molar-refractivity contribution >= 4 is 45.8 Å². The van der Waals surface area contributed by atoms with E-state index in [4.69, 9.17) is 18.9 Å². The van der Waals surface area contributed by atoms with Crippen LogP contribution in [0.5, 0.6) is 23.0 Å². The Bertz CT molecular complexity index is 2110. The highest BCUT2D eigenvalue weighted by Crippen LogP contribution is 2.37. The van der Waals surface area contributed by atoms with Crippen LogP contribution in [0.4, 0.5) is 0 Å². The van der Waals surface area contributed by atoms with E-state index in [-0.39, 0.29) is 0 Å². The standard InChI is InChI=1S/C78H118O4/c1-5-9-13-17-21-25-29-33-37-45-57-79-69-61-67(62-70(65-69)80-58-46-38-34-30-26-22-18-14-10-6-2)53-55-77-73-49-41-43-51-75(73)78(76-52-44-42-50-74(76)77)56-54-68-63-71(81-59-47-39-35-31-27-23-19-15-11-7-3)66-72(64-68)82-60-48-40-36-32-28-24-20-16-12-8-4/h41-44,49-56,61-66H,5-40,45-48,57-60H2,1-4H3/b55-53+,56-54+. The van der Waals surface area contributed by atoms with Crippen LogP contribution in [0.2, 0.25) is 0 Å². The molecule has 454 valence electrons. The molecule has 0 N–H and O–H groups in total. The molecule has 5 rings (SSSR count). The van der Waals surface area contributed by atoms with Crippen LogP contribution in [-0.2, 0) is 0 Å². The maximum absolute atomic E-state index is 6.52. The summed E-state index contributed by atoms with van der Waals surface area (Å²) in [6, 6.07) is 30.9. The molecule has 4 nitrogen and oxygen atoms in total. The fourth-order valence-electron chi connectivity index (χ4n) is 11.7. The smallest absolute Gasteiger partial charge is 0.123 e. The van der Waals surface area contributed by atoms with Crippen LogP contribution in [0.3, 0.4) is 0 Å². The third-order valence-corrected chi connectivity index (χ3v) is 16.8. The molecule has 5 aromatic rings. The molecule has 0 unspecified atom stereocenters. The highest BCUT2D eigenvalue weighted by atomic mass is 16.5. The molecule has 5 aromatic carbocycles. The van der Waals surface area contributed by atoms with Crippen molar-refractivity contribution in [3.63, 3.8) is 0 Å². The van der Waals surface area contributed by atoms with Gasteiger partial charge in [0.15, 0.2) is 0 Å². The first-order chi connectivity index (χ1) is 40.6. The summed E-state index contributed by atoms with van der Waals surface area (Å²) >= 11 is 0. The van der Waals surface area contributed by atoms with E-state index >= 15 is 0 Å². The van der Waals surface area contributed by atoms with Crippen LogP contribution in [-0.4, -0.2) is 26.4 Å². The van der Waals surface area contributed by atoms with Gasteiger partial charge in [0, 0.05) is 12.1 Å². The molecule has 0 saturated carbocycles. The number of ether oxygens (including phenoxy) is 4. The third kappa shape index (κ3) is 29.2. The summed E-state index contributed by atoms with van der Waals surface area (Å²) in [6.07, 6.45) is 61.8. The van der Waals surface area contributed by atoms with Crippen molar-refractivity contribution < 1.29 is 18.9 Å². The molecular formula is C78H118O4. The second kappa shape index (κ2) is 45.7. The van der Waals surface area contributed by atoms with Crippen molar-refractivity contribution in [2.45, 2.75) is 285 Å². The second-order valence-electron chi connectivity index (χ2n) is 24.2. The summed E-state index contributed by atoms with van der Waals surface area (Å²) < 4.78 is 26.1. The summed E-state index contributed by atoms with van der Waals surface area (Å²) in [5, 5.41) is 4.93. The molecule has 0 aliphatic heterocycles. The molecule has 0 bridgehead atoms. The van der Waals surface area contributed by atoms with Gasteiger partial charge < -0.3 is 18.9 Å². The van der Waals surface area contributed by atoms with Gasteiger partial charge in [-0.25, -0.2) is 0 Å². The van der Waals surface area contributed by atoms with E-state index in [0.717, 1.165) is 86.2 Å². The maximum Gasteiger partial charge on any atom is 0.123 e. The zero-order valence-electron chi connectivity index (χ0n) is 53.1. The van der Waals surface area contributed by atoms with Gasteiger partial charge >= 0.3 is 0 Å². The molecule has 0 saturated heterocycles. The lowest BCUT2D eigenvalue weighted by atomic mass is 9.91. The highest BCUT2D eigenvalue weighted by molar-refractivity contribution is 6.14. The van der Waals surface area contributed by atoms with Gasteiger partial charge in [-0.1, -0.05) is 332 Å². The average Bonchev–Trinajstić information content (AvgIpc) is 3.65. The second-order valence-corrected chi connectivity index (χ2v) is 24.2. The van der Waals surface area contributed by atoms with E-state index < -0.39 is 0 Å². The van der Waals surface area contributed by atoms with Gasteiger partial charge in [0.1, 0.15) is 23.0 Å². The van der Waals surface area contributed by atoms with Crippen molar-refractivity contribution in [2.24, 2.45) is 0 Å². The number of fused-ring (bicyclic) bond motifs is 2. The molecule has 0 amide bonds. The molecule has 4 heteroatoms. The lowest BCUT2D eigenvalue weighted by Crippen LogP contribution is -2.01. The topological polar surface area (TPSA) is 36.9 Å². The van der Waals surface area contributed by atoms with Crippen LogP contribution < -0.4 is 18.9 Å².